The quantitative estimate of drug-likeness (QED) is 0.143. The first-order valence-corrected chi connectivity index (χ1v) is 16.0. The summed E-state index contributed by atoms with van der Waals surface area (Å²) in [5.41, 5.74) is 4.88. The molecule has 1 aliphatic rings. The molecule has 6 rings (SSSR count). The van der Waals surface area contributed by atoms with Crippen molar-refractivity contribution in [1.82, 2.24) is 35.3 Å². The fraction of sp³-hybridized carbons (Fsp3) is 0.412. The highest BCUT2D eigenvalue weighted by Gasteiger charge is 2.22. The van der Waals surface area contributed by atoms with Gasteiger partial charge in [-0.15, -0.1) is 0 Å². The zero-order chi connectivity index (χ0) is 30.6. The van der Waals surface area contributed by atoms with E-state index in [1.807, 2.05) is 24.3 Å². The SMILES string of the molecule is CC(C)CCCc1cc(Cl)c(F)c(-c2cc3cn(-c4ccc([C@@H]5CCC[C@@H](CCCc6cn[nH]n6)N5)cc4)c(=O)nc3[nH]2)c1. The minimum absolute atomic E-state index is 0.0960. The van der Waals surface area contributed by atoms with Crippen molar-refractivity contribution in [2.45, 2.75) is 83.7 Å². The lowest BCUT2D eigenvalue weighted by molar-refractivity contribution is 0.308. The number of hydrogen-bond donors (Lipinski definition) is 3. The zero-order valence-corrected chi connectivity index (χ0v) is 26.0. The van der Waals surface area contributed by atoms with Gasteiger partial charge in [0.25, 0.3) is 0 Å². The number of nitrogens with one attached hydrogen (secondary N) is 3. The third-order valence-electron chi connectivity index (χ3n) is 8.64. The van der Waals surface area contributed by atoms with Crippen LogP contribution < -0.4 is 11.0 Å². The second kappa shape index (κ2) is 13.4. The van der Waals surface area contributed by atoms with Crippen molar-refractivity contribution < 1.29 is 4.39 Å². The van der Waals surface area contributed by atoms with Crippen LogP contribution in [-0.2, 0) is 12.8 Å². The molecule has 44 heavy (non-hydrogen) atoms. The molecule has 2 aromatic carbocycles. The second-order valence-electron chi connectivity index (χ2n) is 12.4. The van der Waals surface area contributed by atoms with Gasteiger partial charge in [-0.05, 0) is 92.3 Å². The highest BCUT2D eigenvalue weighted by Crippen LogP contribution is 2.32. The van der Waals surface area contributed by atoms with Crippen LogP contribution in [-0.4, -0.2) is 36.0 Å². The van der Waals surface area contributed by atoms with Crippen LogP contribution in [0.25, 0.3) is 28.0 Å². The Hall–Kier alpha value is -3.82. The van der Waals surface area contributed by atoms with E-state index in [1.54, 1.807) is 18.5 Å². The maximum absolute atomic E-state index is 15.2. The summed E-state index contributed by atoms with van der Waals surface area (Å²) in [6.07, 6.45) is 13.0. The molecule has 1 saturated heterocycles. The standard InChI is InChI=1S/C34H39ClFN7O/c1-21(2)6-3-7-22-16-28(32(36)29(35)17-22)31-18-24-20-43(34(44)40-33(24)39-31)27-14-12-23(13-15-27)30-11-5-9-25(38-30)8-4-10-26-19-37-42-41-26/h12-21,25,30,38H,3-11H2,1-2H3,(H,37,41,42)(H,39,40,44)/t25-,30+/m1/s1. The van der Waals surface area contributed by atoms with Gasteiger partial charge in [0, 0.05) is 29.2 Å². The average Bonchev–Trinajstić information content (AvgIpc) is 3.68. The molecule has 0 unspecified atom stereocenters. The number of aryl methyl sites for hydroxylation is 2. The topological polar surface area (TPSA) is 104 Å². The summed E-state index contributed by atoms with van der Waals surface area (Å²) < 4.78 is 16.7. The Morgan fingerprint density at radius 2 is 1.93 bits per heavy atom. The molecule has 4 heterocycles. The number of rotatable bonds is 11. The molecule has 8 nitrogen and oxygen atoms in total. The molecule has 0 radical (unpaired) electrons. The van der Waals surface area contributed by atoms with E-state index in [-0.39, 0.29) is 11.1 Å². The van der Waals surface area contributed by atoms with Crippen molar-refractivity contribution in [3.8, 4) is 16.9 Å². The lowest BCUT2D eigenvalue weighted by atomic mass is 9.91. The molecule has 0 bridgehead atoms. The molecule has 0 amide bonds. The smallest absolute Gasteiger partial charge is 0.339 e. The minimum Gasteiger partial charge on any atom is -0.339 e. The van der Waals surface area contributed by atoms with Gasteiger partial charge < -0.3 is 10.3 Å². The average molecular weight is 616 g/mol. The van der Waals surface area contributed by atoms with E-state index in [1.165, 1.54) is 23.0 Å². The number of hydrogen-bond acceptors (Lipinski definition) is 5. The molecular weight excluding hydrogens is 577 g/mol. The number of halogens is 2. The van der Waals surface area contributed by atoms with E-state index in [0.717, 1.165) is 61.9 Å². The van der Waals surface area contributed by atoms with Crippen molar-refractivity contribution in [2.24, 2.45) is 5.92 Å². The van der Waals surface area contributed by atoms with Gasteiger partial charge in [0.2, 0.25) is 0 Å². The van der Waals surface area contributed by atoms with Crippen LogP contribution in [0.5, 0.6) is 0 Å². The van der Waals surface area contributed by atoms with Crippen LogP contribution in [0.4, 0.5) is 4.39 Å². The van der Waals surface area contributed by atoms with Crippen molar-refractivity contribution in [3.05, 3.63) is 93.0 Å². The van der Waals surface area contributed by atoms with Crippen LogP contribution in [0.15, 0.2) is 59.7 Å². The first-order chi connectivity index (χ1) is 21.3. The Morgan fingerprint density at radius 1 is 1.09 bits per heavy atom. The van der Waals surface area contributed by atoms with Crippen LogP contribution >= 0.6 is 11.6 Å². The minimum atomic E-state index is -0.481. The molecule has 3 aromatic heterocycles. The second-order valence-corrected chi connectivity index (χ2v) is 12.8. The largest absolute Gasteiger partial charge is 0.354 e. The van der Waals surface area contributed by atoms with E-state index in [9.17, 15) is 4.79 Å². The maximum atomic E-state index is 15.2. The molecule has 0 aliphatic carbocycles. The van der Waals surface area contributed by atoms with E-state index >= 15 is 4.39 Å². The van der Waals surface area contributed by atoms with E-state index in [4.69, 9.17) is 11.6 Å². The van der Waals surface area contributed by atoms with Crippen LogP contribution in [0, 0.1) is 11.7 Å². The number of H-pyrrole nitrogens is 2. The van der Waals surface area contributed by atoms with Crippen LogP contribution in [0.1, 0.15) is 81.7 Å². The van der Waals surface area contributed by atoms with Gasteiger partial charge >= 0.3 is 5.69 Å². The Balaban J connectivity index is 1.17. The third kappa shape index (κ3) is 6.94. The predicted octanol–water partition coefficient (Wildman–Crippen LogP) is 7.48. The molecular formula is C34H39ClFN7O. The Labute approximate surface area is 261 Å². The summed E-state index contributed by atoms with van der Waals surface area (Å²) in [5, 5.41) is 15.3. The molecule has 0 saturated carbocycles. The Morgan fingerprint density at radius 3 is 2.70 bits per heavy atom. The molecule has 10 heteroatoms. The number of fused-ring (bicyclic) bond motifs is 1. The highest BCUT2D eigenvalue weighted by molar-refractivity contribution is 6.31. The number of aromatic amines is 2. The molecule has 1 fully saturated rings. The van der Waals surface area contributed by atoms with Crippen LogP contribution in [0.2, 0.25) is 5.02 Å². The summed E-state index contributed by atoms with van der Waals surface area (Å²) in [4.78, 5) is 20.5. The van der Waals surface area contributed by atoms with Crippen LogP contribution in [0.3, 0.4) is 0 Å². The Kier molecular flexibility index (Phi) is 9.23. The predicted molar refractivity (Wildman–Crippen MR) is 173 cm³/mol. The van der Waals surface area contributed by atoms with Gasteiger partial charge in [0.05, 0.1) is 28.3 Å². The molecule has 5 aromatic rings. The monoisotopic (exact) mass is 615 g/mol. The molecule has 2 atom stereocenters. The van der Waals surface area contributed by atoms with E-state index in [0.29, 0.717) is 34.3 Å². The first-order valence-electron chi connectivity index (χ1n) is 15.7. The van der Waals surface area contributed by atoms with Gasteiger partial charge in [-0.2, -0.15) is 20.4 Å². The van der Waals surface area contributed by atoms with Gasteiger partial charge in [-0.1, -0.05) is 50.4 Å². The summed E-state index contributed by atoms with van der Waals surface area (Å²) in [7, 11) is 0. The van der Waals surface area contributed by atoms with Crippen molar-refractivity contribution in [1.29, 1.82) is 0 Å². The summed E-state index contributed by atoms with van der Waals surface area (Å²) in [6, 6.07) is 14.2. The van der Waals surface area contributed by atoms with Gasteiger partial charge in [0.15, 0.2) is 5.82 Å². The highest BCUT2D eigenvalue weighted by atomic mass is 35.5. The molecule has 3 N–H and O–H groups in total. The van der Waals surface area contributed by atoms with Gasteiger partial charge in [-0.3, -0.25) is 4.57 Å². The van der Waals surface area contributed by atoms with Crippen molar-refractivity contribution in [3.63, 3.8) is 0 Å². The maximum Gasteiger partial charge on any atom is 0.354 e. The summed E-state index contributed by atoms with van der Waals surface area (Å²) in [5.74, 6) is 0.128. The molecule has 0 spiro atoms. The number of aromatic nitrogens is 6. The van der Waals surface area contributed by atoms with E-state index in [2.05, 4.69) is 56.7 Å². The number of piperidine rings is 1. The third-order valence-corrected chi connectivity index (χ3v) is 8.91. The fourth-order valence-electron chi connectivity index (χ4n) is 6.28. The first kappa shape index (κ1) is 30.2. The fourth-order valence-corrected chi connectivity index (χ4v) is 6.52. The number of benzene rings is 2. The lowest BCUT2D eigenvalue weighted by Gasteiger charge is -2.31. The normalized spacial score (nSPS) is 17.1. The molecule has 230 valence electrons. The zero-order valence-electron chi connectivity index (χ0n) is 25.2. The van der Waals surface area contributed by atoms with Gasteiger partial charge in [0.1, 0.15) is 5.65 Å². The Bertz CT molecular complexity index is 1760. The summed E-state index contributed by atoms with van der Waals surface area (Å²) in [6.45, 7) is 4.39. The lowest BCUT2D eigenvalue weighted by Crippen LogP contribution is -2.36. The van der Waals surface area contributed by atoms with E-state index < -0.39 is 11.5 Å². The number of nitrogens with zero attached hydrogens (tertiary/aromatic N) is 4. The van der Waals surface area contributed by atoms with Gasteiger partial charge in [-0.25, -0.2) is 9.18 Å². The molecule has 1 aliphatic heterocycles. The summed E-state index contributed by atoms with van der Waals surface area (Å²) >= 11 is 6.29. The van der Waals surface area contributed by atoms with Crippen molar-refractivity contribution in [2.75, 3.05) is 0 Å². The van der Waals surface area contributed by atoms with Crippen molar-refractivity contribution >= 4 is 22.6 Å².